The lowest BCUT2D eigenvalue weighted by Gasteiger charge is -2.17. The fourth-order valence-corrected chi connectivity index (χ4v) is 3.14. The molecule has 0 radical (unpaired) electrons. The fraction of sp³-hybridized carbons (Fsp3) is 0.500. The summed E-state index contributed by atoms with van der Waals surface area (Å²) in [6.45, 7) is 3.45. The highest BCUT2D eigenvalue weighted by Crippen LogP contribution is 2.27. The lowest BCUT2D eigenvalue weighted by molar-refractivity contribution is 0.121. The van der Waals surface area contributed by atoms with Gasteiger partial charge in [-0.3, -0.25) is 0 Å². The largest absolute Gasteiger partial charge is 0.394 e. The number of hydrogen-bond donors (Lipinski definition) is 2. The van der Waals surface area contributed by atoms with Gasteiger partial charge in [-0.05, 0) is 24.8 Å². The summed E-state index contributed by atoms with van der Waals surface area (Å²) in [6, 6.07) is 6.43. The van der Waals surface area contributed by atoms with Crippen LogP contribution in [0, 0.1) is 0 Å². The van der Waals surface area contributed by atoms with Crippen molar-refractivity contribution in [3.8, 4) is 10.6 Å². The smallest absolute Gasteiger partial charge is 0.125 e. The van der Waals surface area contributed by atoms with Crippen LogP contribution in [0.15, 0.2) is 23.6 Å². The van der Waals surface area contributed by atoms with Gasteiger partial charge >= 0.3 is 0 Å². The lowest BCUT2D eigenvalue weighted by atomic mass is 10.1. The highest BCUT2D eigenvalue weighted by molar-refractivity contribution is 7.13. The molecule has 1 fully saturated rings. The molecular formula is C14H19N3O2S. The molecule has 5 nitrogen and oxygen atoms in total. The van der Waals surface area contributed by atoms with Gasteiger partial charge in [-0.25, -0.2) is 4.68 Å². The molecule has 0 spiro atoms. The monoisotopic (exact) mass is 293 g/mol. The Morgan fingerprint density at radius 2 is 2.50 bits per heavy atom. The first kappa shape index (κ1) is 13.6. The average Bonchev–Trinajstić information content (AvgIpc) is 3.13. The molecule has 2 aromatic heterocycles. The molecule has 108 valence electrons. The second-order valence-corrected chi connectivity index (χ2v) is 5.90. The summed E-state index contributed by atoms with van der Waals surface area (Å²) in [5.74, 6) is 0.949. The van der Waals surface area contributed by atoms with E-state index in [0.717, 1.165) is 29.4 Å². The molecule has 2 aromatic rings. The lowest BCUT2D eigenvalue weighted by Crippen LogP contribution is -2.28. The number of aliphatic hydroxyl groups excluding tert-OH is 1. The van der Waals surface area contributed by atoms with Crippen molar-refractivity contribution in [1.29, 1.82) is 0 Å². The van der Waals surface area contributed by atoms with E-state index in [1.54, 1.807) is 11.3 Å². The van der Waals surface area contributed by atoms with E-state index in [1.807, 2.05) is 22.2 Å². The molecule has 0 saturated carbocycles. The van der Waals surface area contributed by atoms with Gasteiger partial charge in [0.15, 0.2) is 0 Å². The predicted octanol–water partition coefficient (Wildman–Crippen LogP) is 2.19. The third-order valence-corrected chi connectivity index (χ3v) is 4.47. The molecule has 0 aromatic carbocycles. The fourth-order valence-electron chi connectivity index (χ4n) is 2.45. The zero-order valence-electron chi connectivity index (χ0n) is 11.5. The molecule has 2 N–H and O–H groups in total. The summed E-state index contributed by atoms with van der Waals surface area (Å²) in [5, 5.41) is 19.3. The molecule has 1 aliphatic heterocycles. The molecule has 0 aliphatic carbocycles. The standard InChI is InChI=1S/C14H19N3O2S/c1-10-11(4-7-19-10)15-14-9-12(13-3-2-8-20-13)16-17(14)5-6-18/h2-3,8-11,15,18H,4-7H2,1H3. The van der Waals surface area contributed by atoms with Crippen LogP contribution < -0.4 is 5.32 Å². The maximum absolute atomic E-state index is 9.19. The van der Waals surface area contributed by atoms with Crippen LogP contribution in [-0.4, -0.2) is 40.2 Å². The Hall–Kier alpha value is -1.37. The minimum absolute atomic E-state index is 0.0803. The van der Waals surface area contributed by atoms with Crippen LogP contribution in [0.1, 0.15) is 13.3 Å². The van der Waals surface area contributed by atoms with Crippen LogP contribution in [0.5, 0.6) is 0 Å². The Labute approximate surface area is 122 Å². The van der Waals surface area contributed by atoms with Crippen molar-refractivity contribution in [2.75, 3.05) is 18.5 Å². The maximum atomic E-state index is 9.19. The van der Waals surface area contributed by atoms with E-state index in [4.69, 9.17) is 4.74 Å². The molecule has 0 bridgehead atoms. The summed E-state index contributed by atoms with van der Waals surface area (Å²) in [5.41, 5.74) is 0.947. The molecule has 2 atom stereocenters. The number of aromatic nitrogens is 2. The average molecular weight is 293 g/mol. The molecule has 6 heteroatoms. The van der Waals surface area contributed by atoms with Crippen molar-refractivity contribution in [3.05, 3.63) is 23.6 Å². The Kier molecular flexibility index (Phi) is 4.05. The number of aliphatic hydroxyl groups is 1. The van der Waals surface area contributed by atoms with Crippen LogP contribution >= 0.6 is 11.3 Å². The van der Waals surface area contributed by atoms with E-state index in [9.17, 15) is 5.11 Å². The van der Waals surface area contributed by atoms with Crippen molar-refractivity contribution >= 4 is 17.2 Å². The van der Waals surface area contributed by atoms with Crippen LogP contribution in [0.25, 0.3) is 10.6 Å². The first-order valence-corrected chi connectivity index (χ1v) is 7.76. The molecule has 3 heterocycles. The molecule has 3 rings (SSSR count). The van der Waals surface area contributed by atoms with Gasteiger partial charge in [0.25, 0.3) is 0 Å². The summed E-state index contributed by atoms with van der Waals surface area (Å²) in [4.78, 5) is 1.14. The molecular weight excluding hydrogens is 274 g/mol. The Morgan fingerprint density at radius 1 is 1.60 bits per heavy atom. The predicted molar refractivity (Wildman–Crippen MR) is 80.1 cm³/mol. The summed E-state index contributed by atoms with van der Waals surface area (Å²) < 4.78 is 7.41. The zero-order valence-corrected chi connectivity index (χ0v) is 12.3. The van der Waals surface area contributed by atoms with Gasteiger partial charge in [-0.15, -0.1) is 11.3 Å². The van der Waals surface area contributed by atoms with Gasteiger partial charge in [0.05, 0.1) is 30.2 Å². The van der Waals surface area contributed by atoms with Crippen molar-refractivity contribution in [1.82, 2.24) is 9.78 Å². The van der Waals surface area contributed by atoms with Crippen molar-refractivity contribution in [2.24, 2.45) is 0 Å². The normalized spacial score (nSPS) is 22.3. The SMILES string of the molecule is CC1OCCC1Nc1cc(-c2cccs2)nn1CCO. The Bertz CT molecular complexity index is 553. The third-order valence-electron chi connectivity index (χ3n) is 3.57. The summed E-state index contributed by atoms with van der Waals surface area (Å²) >= 11 is 1.67. The number of ether oxygens (including phenoxy) is 1. The number of anilines is 1. The quantitative estimate of drug-likeness (QED) is 0.887. The van der Waals surface area contributed by atoms with Crippen LogP contribution in [0.4, 0.5) is 5.82 Å². The number of nitrogens with one attached hydrogen (secondary N) is 1. The molecule has 2 unspecified atom stereocenters. The second kappa shape index (κ2) is 5.95. The zero-order chi connectivity index (χ0) is 13.9. The first-order chi connectivity index (χ1) is 9.78. The summed E-state index contributed by atoms with van der Waals surface area (Å²) in [6.07, 6.45) is 1.21. The van der Waals surface area contributed by atoms with E-state index in [-0.39, 0.29) is 12.7 Å². The van der Waals surface area contributed by atoms with E-state index < -0.39 is 0 Å². The number of hydrogen-bond acceptors (Lipinski definition) is 5. The molecule has 1 aliphatic rings. The Morgan fingerprint density at radius 3 is 3.15 bits per heavy atom. The summed E-state index contributed by atoms with van der Waals surface area (Å²) in [7, 11) is 0. The minimum atomic E-state index is 0.0803. The van der Waals surface area contributed by atoms with Gasteiger partial charge in [0.1, 0.15) is 11.5 Å². The van der Waals surface area contributed by atoms with Gasteiger partial charge in [0.2, 0.25) is 0 Å². The van der Waals surface area contributed by atoms with Gasteiger partial charge in [-0.1, -0.05) is 6.07 Å². The molecule has 1 saturated heterocycles. The van der Waals surface area contributed by atoms with Crippen molar-refractivity contribution in [3.63, 3.8) is 0 Å². The molecule has 0 amide bonds. The van der Waals surface area contributed by atoms with Crippen LogP contribution in [0.3, 0.4) is 0 Å². The maximum Gasteiger partial charge on any atom is 0.125 e. The first-order valence-electron chi connectivity index (χ1n) is 6.88. The van der Waals surface area contributed by atoms with Gasteiger partial charge in [-0.2, -0.15) is 5.10 Å². The third kappa shape index (κ3) is 2.72. The number of nitrogens with zero attached hydrogens (tertiary/aromatic N) is 2. The van der Waals surface area contributed by atoms with Crippen LogP contribution in [-0.2, 0) is 11.3 Å². The van der Waals surface area contributed by atoms with E-state index in [0.29, 0.717) is 12.6 Å². The highest BCUT2D eigenvalue weighted by Gasteiger charge is 2.25. The Balaban J connectivity index is 1.84. The van der Waals surface area contributed by atoms with E-state index in [1.165, 1.54) is 0 Å². The van der Waals surface area contributed by atoms with Crippen LogP contribution in [0.2, 0.25) is 0 Å². The van der Waals surface area contributed by atoms with Crippen molar-refractivity contribution < 1.29 is 9.84 Å². The number of rotatable bonds is 5. The molecule has 20 heavy (non-hydrogen) atoms. The topological polar surface area (TPSA) is 59.3 Å². The highest BCUT2D eigenvalue weighted by atomic mass is 32.1. The van der Waals surface area contributed by atoms with E-state index >= 15 is 0 Å². The van der Waals surface area contributed by atoms with Gasteiger partial charge < -0.3 is 15.2 Å². The second-order valence-electron chi connectivity index (χ2n) is 4.95. The van der Waals surface area contributed by atoms with E-state index in [2.05, 4.69) is 23.4 Å². The minimum Gasteiger partial charge on any atom is -0.394 e. The number of thiophene rings is 1. The van der Waals surface area contributed by atoms with Gasteiger partial charge in [0, 0.05) is 12.7 Å². The van der Waals surface area contributed by atoms with Crippen molar-refractivity contribution in [2.45, 2.75) is 32.0 Å².